The lowest BCUT2D eigenvalue weighted by Crippen LogP contribution is -2.25. The number of ether oxygens (including phenoxy) is 1. The van der Waals surface area contributed by atoms with Gasteiger partial charge in [-0.3, -0.25) is 9.59 Å². The maximum Gasteiger partial charge on any atom is 0.260 e. The minimum Gasteiger partial charge on any atom is -0.491 e. The highest BCUT2D eigenvalue weighted by Gasteiger charge is 2.21. The van der Waals surface area contributed by atoms with Crippen LogP contribution in [0.25, 0.3) is 0 Å². The Labute approximate surface area is 143 Å². The zero-order valence-electron chi connectivity index (χ0n) is 12.8. The molecule has 0 bridgehead atoms. The van der Waals surface area contributed by atoms with Crippen molar-refractivity contribution in [2.75, 3.05) is 23.9 Å². The molecule has 2 aromatic rings. The summed E-state index contributed by atoms with van der Waals surface area (Å²) in [5, 5.41) is 2.61. The monoisotopic (exact) mass is 348 g/mol. The molecular formula is C17H14ClFN2O3. The van der Waals surface area contributed by atoms with Crippen LogP contribution in [0, 0.1) is 5.82 Å². The maximum absolute atomic E-state index is 13.8. The Bertz CT molecular complexity index is 805. The first-order valence-electron chi connectivity index (χ1n) is 7.26. The first-order valence-corrected chi connectivity index (χ1v) is 7.64. The van der Waals surface area contributed by atoms with E-state index in [0.717, 1.165) is 6.07 Å². The molecule has 0 atom stereocenters. The number of carbonyl (C=O) groups is 2. The van der Waals surface area contributed by atoms with Crippen LogP contribution in [0.1, 0.15) is 16.8 Å². The predicted molar refractivity (Wildman–Crippen MR) is 89.3 cm³/mol. The summed E-state index contributed by atoms with van der Waals surface area (Å²) in [6.45, 7) is 0.298. The van der Waals surface area contributed by atoms with E-state index in [1.165, 1.54) is 17.0 Å². The van der Waals surface area contributed by atoms with Gasteiger partial charge in [0.25, 0.3) is 5.91 Å². The van der Waals surface area contributed by atoms with Gasteiger partial charge in [0.05, 0.1) is 29.3 Å². The Balaban J connectivity index is 1.90. The zero-order chi connectivity index (χ0) is 17.3. The van der Waals surface area contributed by atoms with Crippen LogP contribution in [0.15, 0.2) is 36.4 Å². The summed E-state index contributed by atoms with van der Waals surface area (Å²) in [5.41, 5.74) is 0.716. The second kappa shape index (κ2) is 6.49. The molecule has 1 aliphatic heterocycles. The second-order valence-electron chi connectivity index (χ2n) is 5.28. The first-order chi connectivity index (χ1) is 11.5. The molecule has 1 heterocycles. The molecule has 7 heteroatoms. The molecule has 2 amide bonds. The molecular weight excluding hydrogens is 335 g/mol. The lowest BCUT2D eigenvalue weighted by Gasteiger charge is -2.17. The molecule has 0 aromatic heterocycles. The van der Waals surface area contributed by atoms with Crippen LogP contribution in [0.4, 0.5) is 15.8 Å². The van der Waals surface area contributed by atoms with E-state index in [-0.39, 0.29) is 22.9 Å². The van der Waals surface area contributed by atoms with Crippen LogP contribution < -0.4 is 15.0 Å². The third kappa shape index (κ3) is 3.05. The topological polar surface area (TPSA) is 58.6 Å². The van der Waals surface area contributed by atoms with Crippen molar-refractivity contribution in [2.45, 2.75) is 6.42 Å². The maximum atomic E-state index is 13.8. The zero-order valence-corrected chi connectivity index (χ0v) is 13.6. The standard InChI is InChI=1S/C17H14ClFN2O3/c1-21-13-9-10(5-6-14(13)24-8-7-15(21)22)20-17(23)16-11(18)3-2-4-12(16)19/h2-6,9H,7-8H2,1H3,(H,20,23). The smallest absolute Gasteiger partial charge is 0.260 e. The molecule has 1 aliphatic rings. The van der Waals surface area contributed by atoms with Crippen LogP contribution in [0.3, 0.4) is 0 Å². The summed E-state index contributed by atoms with van der Waals surface area (Å²) >= 11 is 5.90. The number of hydrogen-bond donors (Lipinski definition) is 1. The fourth-order valence-electron chi connectivity index (χ4n) is 2.44. The number of nitrogens with one attached hydrogen (secondary N) is 1. The van der Waals surface area contributed by atoms with E-state index in [1.54, 1.807) is 25.2 Å². The SMILES string of the molecule is CN1C(=O)CCOc2ccc(NC(=O)c3c(F)cccc3Cl)cc21. The summed E-state index contributed by atoms with van der Waals surface area (Å²) < 4.78 is 19.3. The highest BCUT2D eigenvalue weighted by molar-refractivity contribution is 6.34. The van der Waals surface area contributed by atoms with Crippen molar-refractivity contribution >= 4 is 34.8 Å². The lowest BCUT2D eigenvalue weighted by molar-refractivity contribution is -0.118. The molecule has 1 N–H and O–H groups in total. The van der Waals surface area contributed by atoms with Gasteiger partial charge in [-0.25, -0.2) is 4.39 Å². The van der Waals surface area contributed by atoms with Crippen molar-refractivity contribution in [1.82, 2.24) is 0 Å². The Morgan fingerprint density at radius 2 is 2.12 bits per heavy atom. The van der Waals surface area contributed by atoms with Crippen molar-refractivity contribution in [3.05, 3.63) is 52.8 Å². The van der Waals surface area contributed by atoms with E-state index < -0.39 is 11.7 Å². The van der Waals surface area contributed by atoms with Gasteiger partial charge in [0.1, 0.15) is 11.6 Å². The number of anilines is 2. The second-order valence-corrected chi connectivity index (χ2v) is 5.69. The summed E-state index contributed by atoms with van der Waals surface area (Å²) in [6.07, 6.45) is 0.276. The van der Waals surface area contributed by atoms with E-state index in [1.807, 2.05) is 0 Å². The molecule has 0 aliphatic carbocycles. The third-order valence-corrected chi connectivity index (χ3v) is 4.03. The fraction of sp³-hybridized carbons (Fsp3) is 0.176. The Hall–Kier alpha value is -2.60. The number of carbonyl (C=O) groups excluding carboxylic acids is 2. The van der Waals surface area contributed by atoms with Gasteiger partial charge in [0, 0.05) is 12.7 Å². The molecule has 124 valence electrons. The van der Waals surface area contributed by atoms with Crippen molar-refractivity contribution in [1.29, 1.82) is 0 Å². The fourth-order valence-corrected chi connectivity index (χ4v) is 2.69. The molecule has 0 radical (unpaired) electrons. The predicted octanol–water partition coefficient (Wildman–Crippen LogP) is 3.48. The Morgan fingerprint density at radius 1 is 1.33 bits per heavy atom. The molecule has 0 unspecified atom stereocenters. The number of halogens is 2. The molecule has 5 nitrogen and oxygen atoms in total. The summed E-state index contributed by atoms with van der Waals surface area (Å²) in [6, 6.07) is 8.91. The van der Waals surface area contributed by atoms with E-state index in [4.69, 9.17) is 16.3 Å². The van der Waals surface area contributed by atoms with Gasteiger partial charge in [-0.2, -0.15) is 0 Å². The van der Waals surface area contributed by atoms with Crippen molar-refractivity contribution < 1.29 is 18.7 Å². The molecule has 0 saturated carbocycles. The van der Waals surface area contributed by atoms with Gasteiger partial charge in [-0.15, -0.1) is 0 Å². The normalized spacial score (nSPS) is 13.8. The quantitative estimate of drug-likeness (QED) is 0.904. The van der Waals surface area contributed by atoms with Crippen molar-refractivity contribution in [3.63, 3.8) is 0 Å². The third-order valence-electron chi connectivity index (χ3n) is 3.72. The summed E-state index contributed by atoms with van der Waals surface area (Å²) in [7, 11) is 1.63. The molecule has 0 spiro atoms. The average molecular weight is 349 g/mol. The lowest BCUT2D eigenvalue weighted by atomic mass is 10.2. The Morgan fingerprint density at radius 3 is 2.88 bits per heavy atom. The van der Waals surface area contributed by atoms with Gasteiger partial charge in [-0.05, 0) is 30.3 Å². The van der Waals surface area contributed by atoms with E-state index in [2.05, 4.69) is 5.32 Å². The molecule has 3 rings (SSSR count). The Kier molecular flexibility index (Phi) is 4.40. The number of amides is 2. The van der Waals surface area contributed by atoms with Crippen LogP contribution in [0.5, 0.6) is 5.75 Å². The number of rotatable bonds is 2. The van der Waals surface area contributed by atoms with Crippen LogP contribution in [0.2, 0.25) is 5.02 Å². The van der Waals surface area contributed by atoms with Crippen molar-refractivity contribution in [2.24, 2.45) is 0 Å². The molecule has 0 fully saturated rings. The van der Waals surface area contributed by atoms with Crippen LogP contribution in [-0.4, -0.2) is 25.5 Å². The molecule has 2 aromatic carbocycles. The highest BCUT2D eigenvalue weighted by atomic mass is 35.5. The van der Waals surface area contributed by atoms with E-state index >= 15 is 0 Å². The van der Waals surface area contributed by atoms with Crippen LogP contribution in [-0.2, 0) is 4.79 Å². The molecule has 0 saturated heterocycles. The van der Waals surface area contributed by atoms with Gasteiger partial charge in [0.15, 0.2) is 0 Å². The number of hydrogen-bond acceptors (Lipinski definition) is 3. The summed E-state index contributed by atoms with van der Waals surface area (Å²) in [4.78, 5) is 25.7. The number of benzene rings is 2. The van der Waals surface area contributed by atoms with E-state index in [0.29, 0.717) is 23.7 Å². The van der Waals surface area contributed by atoms with Crippen molar-refractivity contribution in [3.8, 4) is 5.75 Å². The highest BCUT2D eigenvalue weighted by Crippen LogP contribution is 2.33. The van der Waals surface area contributed by atoms with E-state index in [9.17, 15) is 14.0 Å². The first kappa shape index (κ1) is 16.3. The number of fused-ring (bicyclic) bond motifs is 1. The molecule has 24 heavy (non-hydrogen) atoms. The van der Waals surface area contributed by atoms with Crippen LogP contribution >= 0.6 is 11.6 Å². The largest absolute Gasteiger partial charge is 0.491 e. The van der Waals surface area contributed by atoms with Gasteiger partial charge >= 0.3 is 0 Å². The van der Waals surface area contributed by atoms with Gasteiger partial charge < -0.3 is 15.0 Å². The minimum atomic E-state index is -0.703. The van der Waals surface area contributed by atoms with Gasteiger partial charge in [-0.1, -0.05) is 17.7 Å². The summed E-state index contributed by atoms with van der Waals surface area (Å²) in [5.74, 6) is -0.911. The van der Waals surface area contributed by atoms with Gasteiger partial charge in [0.2, 0.25) is 5.91 Å². The average Bonchev–Trinajstić information content (AvgIpc) is 2.67. The number of nitrogens with zero attached hydrogens (tertiary/aromatic N) is 1. The minimum absolute atomic E-state index is 0.0258.